The number of pyridine rings is 1. The van der Waals surface area contributed by atoms with Crippen molar-refractivity contribution in [2.24, 2.45) is 5.14 Å². The summed E-state index contributed by atoms with van der Waals surface area (Å²) in [5.41, 5.74) is -2.01. The molecular weight excluding hydrogens is 298 g/mol. The molecule has 0 atom stereocenters. The molecule has 0 saturated carbocycles. The molecule has 1 rings (SSSR count). The smallest absolute Gasteiger partial charge is 0.269 e. The van der Waals surface area contributed by atoms with Gasteiger partial charge in [-0.25, -0.2) is 22.3 Å². The first-order chi connectivity index (χ1) is 6.73. The van der Waals surface area contributed by atoms with E-state index in [1.54, 1.807) is 0 Å². The first-order valence-corrected chi connectivity index (χ1v) is 5.81. The van der Waals surface area contributed by atoms with Crippen LogP contribution in [0.2, 0.25) is 0 Å². The molecule has 0 spiro atoms. The minimum atomic E-state index is -4.16. The van der Waals surface area contributed by atoms with E-state index in [4.69, 9.17) is 5.14 Å². The number of hydrogen-bond acceptors (Lipinski definition) is 3. The van der Waals surface area contributed by atoms with Crippen LogP contribution in [0.1, 0.15) is 12.0 Å². The SMILES string of the molecule is NS(=O)(=O)c1cc(C(F)F)c(=O)[nH]c1Br. The van der Waals surface area contributed by atoms with Crippen molar-refractivity contribution in [1.29, 1.82) is 0 Å². The van der Waals surface area contributed by atoms with Crippen LogP contribution in [0.5, 0.6) is 0 Å². The van der Waals surface area contributed by atoms with E-state index < -0.39 is 32.5 Å². The van der Waals surface area contributed by atoms with Gasteiger partial charge < -0.3 is 4.98 Å². The Morgan fingerprint density at radius 2 is 2.00 bits per heavy atom. The summed E-state index contributed by atoms with van der Waals surface area (Å²) in [6, 6.07) is 0.545. The highest BCUT2D eigenvalue weighted by atomic mass is 79.9. The Balaban J connectivity index is 3.58. The average Bonchev–Trinajstić information content (AvgIpc) is 2.00. The molecule has 1 aromatic heterocycles. The maximum absolute atomic E-state index is 12.3. The van der Waals surface area contributed by atoms with Crippen LogP contribution in [0.25, 0.3) is 0 Å². The molecule has 0 aliphatic heterocycles. The fraction of sp³-hybridized carbons (Fsp3) is 0.167. The zero-order valence-corrected chi connectivity index (χ0v) is 9.40. The molecule has 0 aliphatic carbocycles. The molecule has 5 nitrogen and oxygen atoms in total. The third-order valence-electron chi connectivity index (χ3n) is 1.53. The minimum absolute atomic E-state index is 0.251. The van der Waals surface area contributed by atoms with E-state index in [1.807, 2.05) is 4.98 Å². The topological polar surface area (TPSA) is 93.0 Å². The highest BCUT2D eigenvalue weighted by Crippen LogP contribution is 2.22. The molecule has 1 aromatic rings. The average molecular weight is 303 g/mol. The first-order valence-electron chi connectivity index (χ1n) is 3.47. The van der Waals surface area contributed by atoms with E-state index in [9.17, 15) is 22.0 Å². The van der Waals surface area contributed by atoms with Crippen molar-refractivity contribution < 1.29 is 17.2 Å². The third-order valence-corrected chi connectivity index (χ3v) is 3.35. The lowest BCUT2D eigenvalue weighted by Gasteiger charge is -2.04. The second-order valence-corrected chi connectivity index (χ2v) is 4.90. The number of sulfonamides is 1. The van der Waals surface area contributed by atoms with Gasteiger partial charge in [0.05, 0.1) is 5.56 Å². The summed E-state index contributed by atoms with van der Waals surface area (Å²) in [6.45, 7) is 0. The lowest BCUT2D eigenvalue weighted by molar-refractivity contribution is 0.149. The van der Waals surface area contributed by atoms with Crippen molar-refractivity contribution in [3.05, 3.63) is 26.6 Å². The molecule has 0 aromatic carbocycles. The Kier molecular flexibility index (Phi) is 3.26. The monoisotopic (exact) mass is 302 g/mol. The van der Waals surface area contributed by atoms with Crippen molar-refractivity contribution in [1.82, 2.24) is 4.98 Å². The van der Waals surface area contributed by atoms with Crippen molar-refractivity contribution in [2.45, 2.75) is 11.3 Å². The van der Waals surface area contributed by atoms with E-state index in [0.717, 1.165) is 0 Å². The number of primary sulfonamides is 1. The van der Waals surface area contributed by atoms with Gasteiger partial charge in [-0.1, -0.05) is 0 Å². The van der Waals surface area contributed by atoms with Gasteiger partial charge in [0.1, 0.15) is 9.50 Å². The largest absolute Gasteiger partial charge is 0.315 e. The van der Waals surface area contributed by atoms with E-state index in [-0.39, 0.29) is 4.60 Å². The standard InChI is InChI=1S/C6H5BrF2N2O3S/c7-4-3(15(10,13)14)1-2(5(8)9)6(12)11-4/h1,5H,(H,11,12)(H2,10,13,14). The summed E-state index contributed by atoms with van der Waals surface area (Å²) in [6.07, 6.45) is -3.07. The number of nitrogens with one attached hydrogen (secondary N) is 1. The quantitative estimate of drug-likeness (QED) is 0.788. The molecule has 84 valence electrons. The molecule has 9 heteroatoms. The predicted molar refractivity (Wildman–Crippen MR) is 51.1 cm³/mol. The fourth-order valence-corrected chi connectivity index (χ4v) is 2.44. The van der Waals surface area contributed by atoms with Gasteiger partial charge in [-0.2, -0.15) is 0 Å². The number of aromatic nitrogens is 1. The number of hydrogen-bond donors (Lipinski definition) is 2. The minimum Gasteiger partial charge on any atom is -0.315 e. The van der Waals surface area contributed by atoms with Gasteiger partial charge in [0.2, 0.25) is 10.0 Å². The summed E-state index contributed by atoms with van der Waals surface area (Å²) in [7, 11) is -4.16. The lowest BCUT2D eigenvalue weighted by atomic mass is 10.3. The van der Waals surface area contributed by atoms with Crippen LogP contribution >= 0.6 is 15.9 Å². The second-order valence-electron chi connectivity index (χ2n) is 2.58. The van der Waals surface area contributed by atoms with Gasteiger partial charge in [-0.15, -0.1) is 0 Å². The Labute approximate surface area is 91.5 Å². The molecule has 0 aliphatic rings. The van der Waals surface area contributed by atoms with Crippen LogP contribution in [-0.2, 0) is 10.0 Å². The van der Waals surface area contributed by atoms with Crippen molar-refractivity contribution in [2.75, 3.05) is 0 Å². The van der Waals surface area contributed by atoms with Crippen LogP contribution in [-0.4, -0.2) is 13.4 Å². The highest BCUT2D eigenvalue weighted by Gasteiger charge is 2.20. The first kappa shape index (κ1) is 12.3. The normalized spacial score (nSPS) is 12.1. The van der Waals surface area contributed by atoms with Crippen molar-refractivity contribution >= 4 is 26.0 Å². The van der Waals surface area contributed by atoms with E-state index in [0.29, 0.717) is 6.07 Å². The Bertz CT molecular complexity index is 540. The summed E-state index contributed by atoms with van der Waals surface area (Å²) in [5.74, 6) is 0. The third kappa shape index (κ3) is 2.61. The molecule has 1 heterocycles. The van der Waals surface area contributed by atoms with Crippen LogP contribution in [0.4, 0.5) is 8.78 Å². The Morgan fingerprint density at radius 3 is 2.40 bits per heavy atom. The number of H-pyrrole nitrogens is 1. The van der Waals surface area contributed by atoms with Gasteiger partial charge in [0, 0.05) is 0 Å². The van der Waals surface area contributed by atoms with E-state index >= 15 is 0 Å². The van der Waals surface area contributed by atoms with Crippen LogP contribution < -0.4 is 10.7 Å². The molecule has 15 heavy (non-hydrogen) atoms. The van der Waals surface area contributed by atoms with Gasteiger partial charge in [0.15, 0.2) is 0 Å². The highest BCUT2D eigenvalue weighted by molar-refractivity contribution is 9.10. The van der Waals surface area contributed by atoms with Crippen LogP contribution in [0.3, 0.4) is 0 Å². The molecule has 0 amide bonds. The molecule has 0 saturated heterocycles. The molecule has 0 bridgehead atoms. The number of halogens is 3. The number of aromatic amines is 1. The Hall–Kier alpha value is -0.800. The maximum atomic E-state index is 12.3. The van der Waals surface area contributed by atoms with E-state index in [2.05, 4.69) is 15.9 Å². The summed E-state index contributed by atoms with van der Waals surface area (Å²) in [5, 5.41) is 4.75. The maximum Gasteiger partial charge on any atom is 0.269 e. The van der Waals surface area contributed by atoms with Crippen molar-refractivity contribution in [3.63, 3.8) is 0 Å². The zero-order chi connectivity index (χ0) is 11.8. The van der Waals surface area contributed by atoms with Gasteiger partial charge in [0.25, 0.3) is 12.0 Å². The fourth-order valence-electron chi connectivity index (χ4n) is 0.873. The zero-order valence-electron chi connectivity index (χ0n) is 7.00. The van der Waals surface area contributed by atoms with Crippen LogP contribution in [0.15, 0.2) is 20.4 Å². The lowest BCUT2D eigenvalue weighted by Crippen LogP contribution is -2.20. The van der Waals surface area contributed by atoms with Gasteiger partial charge in [-0.3, -0.25) is 4.79 Å². The Morgan fingerprint density at radius 1 is 1.47 bits per heavy atom. The number of alkyl halides is 2. The molecule has 3 N–H and O–H groups in total. The van der Waals surface area contributed by atoms with Gasteiger partial charge in [-0.05, 0) is 22.0 Å². The predicted octanol–water partition coefficient (Wildman–Crippen LogP) is 0.722. The molecule has 0 radical (unpaired) electrons. The van der Waals surface area contributed by atoms with Crippen molar-refractivity contribution in [3.8, 4) is 0 Å². The van der Waals surface area contributed by atoms with Crippen LogP contribution in [0, 0.1) is 0 Å². The summed E-state index contributed by atoms with van der Waals surface area (Å²) >= 11 is 2.71. The van der Waals surface area contributed by atoms with Gasteiger partial charge >= 0.3 is 0 Å². The number of nitrogens with two attached hydrogens (primary N) is 1. The second kappa shape index (κ2) is 3.99. The summed E-state index contributed by atoms with van der Waals surface area (Å²) in [4.78, 5) is 12.3. The molecule has 0 fully saturated rings. The summed E-state index contributed by atoms with van der Waals surface area (Å²) < 4.78 is 46.1. The van der Waals surface area contributed by atoms with E-state index in [1.165, 1.54) is 0 Å². The number of rotatable bonds is 2. The molecule has 0 unspecified atom stereocenters. The molecular formula is C6H5BrF2N2O3S.